The SMILES string of the molecule is CN(C(=O)C1(c2ccccc2)SC12C1CC3CC(C1)CC2C3)c1ccccc1. The maximum atomic E-state index is 14.1. The molecule has 1 amide bonds. The van der Waals surface area contributed by atoms with Gasteiger partial charge >= 0.3 is 0 Å². The van der Waals surface area contributed by atoms with Gasteiger partial charge in [0.2, 0.25) is 5.91 Å². The van der Waals surface area contributed by atoms with Crippen LogP contribution in [0.1, 0.15) is 37.7 Å². The lowest BCUT2D eigenvalue weighted by atomic mass is 9.49. The molecular formula is C25H27NOS. The highest BCUT2D eigenvalue weighted by Gasteiger charge is 2.82. The molecule has 5 fully saturated rings. The third-order valence-corrected chi connectivity index (χ3v) is 10.3. The van der Waals surface area contributed by atoms with Crippen molar-refractivity contribution in [1.29, 1.82) is 0 Å². The highest BCUT2D eigenvalue weighted by atomic mass is 32.2. The zero-order valence-electron chi connectivity index (χ0n) is 16.4. The Bertz CT molecular complexity index is 883. The average Bonchev–Trinajstić information content (AvgIpc) is 3.44. The van der Waals surface area contributed by atoms with Crippen LogP contribution in [-0.4, -0.2) is 17.7 Å². The molecule has 4 aliphatic carbocycles. The van der Waals surface area contributed by atoms with E-state index in [-0.39, 0.29) is 10.7 Å². The van der Waals surface area contributed by atoms with E-state index in [2.05, 4.69) is 30.3 Å². The van der Waals surface area contributed by atoms with Crippen LogP contribution >= 0.6 is 11.8 Å². The molecule has 2 aromatic carbocycles. The first-order chi connectivity index (χ1) is 13.6. The number of anilines is 1. The van der Waals surface area contributed by atoms with Crippen molar-refractivity contribution in [3.05, 3.63) is 66.2 Å². The van der Waals surface area contributed by atoms with Crippen LogP contribution in [-0.2, 0) is 9.54 Å². The molecule has 4 saturated carbocycles. The van der Waals surface area contributed by atoms with Crippen LogP contribution in [0.2, 0.25) is 0 Å². The van der Waals surface area contributed by atoms with Crippen molar-refractivity contribution in [2.24, 2.45) is 23.7 Å². The van der Waals surface area contributed by atoms with Gasteiger partial charge in [0.1, 0.15) is 4.75 Å². The second-order valence-corrected chi connectivity index (χ2v) is 10.9. The lowest BCUT2D eigenvalue weighted by Crippen LogP contribution is -2.56. The van der Waals surface area contributed by atoms with Gasteiger partial charge < -0.3 is 4.90 Å². The Kier molecular flexibility index (Phi) is 3.60. The Labute approximate surface area is 171 Å². The molecule has 0 aromatic heterocycles. The predicted octanol–water partition coefficient (Wildman–Crippen LogP) is 5.49. The largest absolute Gasteiger partial charge is 0.314 e. The van der Waals surface area contributed by atoms with Crippen molar-refractivity contribution < 1.29 is 4.79 Å². The fourth-order valence-electron chi connectivity index (χ4n) is 7.15. The van der Waals surface area contributed by atoms with E-state index in [1.54, 1.807) is 0 Å². The quantitative estimate of drug-likeness (QED) is 0.647. The van der Waals surface area contributed by atoms with E-state index in [1.165, 1.54) is 37.7 Å². The van der Waals surface area contributed by atoms with Crippen molar-refractivity contribution >= 4 is 23.4 Å². The molecule has 144 valence electrons. The molecule has 1 atom stereocenters. The number of thioether (sulfide) groups is 1. The molecule has 4 bridgehead atoms. The summed E-state index contributed by atoms with van der Waals surface area (Å²) < 4.78 is -0.274. The summed E-state index contributed by atoms with van der Waals surface area (Å²) in [5.41, 5.74) is 2.22. The Morgan fingerprint density at radius 3 is 1.96 bits per heavy atom. The molecule has 1 saturated heterocycles. The molecule has 2 aromatic rings. The van der Waals surface area contributed by atoms with Crippen LogP contribution in [0.25, 0.3) is 0 Å². The number of carbonyl (C=O) groups is 1. The second kappa shape index (κ2) is 5.89. The Balaban J connectivity index is 1.46. The summed E-state index contributed by atoms with van der Waals surface area (Å²) >= 11 is 2.01. The molecule has 2 nitrogen and oxygen atoms in total. The normalized spacial score (nSPS) is 39.9. The highest BCUT2D eigenvalue weighted by Crippen LogP contribution is 2.83. The van der Waals surface area contributed by atoms with E-state index in [4.69, 9.17) is 0 Å². The molecule has 5 aliphatic rings. The zero-order valence-corrected chi connectivity index (χ0v) is 17.2. The number of hydrogen-bond acceptors (Lipinski definition) is 2. The van der Waals surface area contributed by atoms with Gasteiger partial charge in [-0.1, -0.05) is 48.5 Å². The van der Waals surface area contributed by atoms with Gasteiger partial charge in [-0.3, -0.25) is 4.79 Å². The maximum absolute atomic E-state index is 14.1. The zero-order chi connectivity index (χ0) is 18.9. The van der Waals surface area contributed by atoms with Crippen LogP contribution < -0.4 is 4.90 Å². The van der Waals surface area contributed by atoms with Crippen LogP contribution in [0, 0.1) is 23.7 Å². The number of hydrogen-bond donors (Lipinski definition) is 0. The lowest BCUT2D eigenvalue weighted by molar-refractivity contribution is -0.123. The summed E-state index contributed by atoms with van der Waals surface area (Å²) in [4.78, 5) is 16.0. The molecule has 0 N–H and O–H groups in total. The van der Waals surface area contributed by atoms with Crippen molar-refractivity contribution in [2.45, 2.75) is 41.6 Å². The van der Waals surface area contributed by atoms with Crippen LogP contribution in [0.3, 0.4) is 0 Å². The first kappa shape index (κ1) is 17.1. The van der Waals surface area contributed by atoms with Gasteiger partial charge in [0.25, 0.3) is 0 Å². The number of nitrogens with zero attached hydrogens (tertiary/aromatic N) is 1. The lowest BCUT2D eigenvalue weighted by Gasteiger charge is -2.55. The standard InChI is InChI=1S/C25H27NOS/c1-26(22-10-6-3-7-11-22)23(27)25(19-8-4-2-5-9-19)24(28-25)20-13-17-12-18(15-20)16-21(24)14-17/h2-11,17-18,20-21H,12-16H2,1H3. The Morgan fingerprint density at radius 1 is 0.857 bits per heavy atom. The number of para-hydroxylation sites is 1. The molecule has 1 unspecified atom stereocenters. The van der Waals surface area contributed by atoms with E-state index in [0.717, 1.165) is 17.5 Å². The average molecular weight is 390 g/mol. The van der Waals surface area contributed by atoms with Gasteiger partial charge in [-0.2, -0.15) is 0 Å². The fourth-order valence-corrected chi connectivity index (χ4v) is 9.34. The van der Waals surface area contributed by atoms with E-state index in [1.807, 2.05) is 54.0 Å². The van der Waals surface area contributed by atoms with Crippen molar-refractivity contribution in [1.82, 2.24) is 0 Å². The summed E-state index contributed by atoms with van der Waals surface area (Å²) in [7, 11) is 1.96. The van der Waals surface area contributed by atoms with Gasteiger partial charge in [-0.25, -0.2) is 0 Å². The minimum absolute atomic E-state index is 0.127. The molecule has 3 heteroatoms. The van der Waals surface area contributed by atoms with Gasteiger partial charge in [-0.05, 0) is 73.5 Å². The molecule has 7 rings (SSSR count). The number of likely N-dealkylation sites (N-methyl/N-ethyl adjacent to an activating group) is 1. The summed E-state index contributed by atoms with van der Waals surface area (Å²) in [5.74, 6) is 3.54. The van der Waals surface area contributed by atoms with E-state index < -0.39 is 4.75 Å². The number of amides is 1. The van der Waals surface area contributed by atoms with Gasteiger partial charge in [0, 0.05) is 12.7 Å². The molecule has 28 heavy (non-hydrogen) atoms. The Hall–Kier alpha value is -1.74. The molecule has 1 spiro atoms. The number of rotatable bonds is 3. The highest BCUT2D eigenvalue weighted by molar-refractivity contribution is 8.10. The third-order valence-electron chi connectivity index (χ3n) is 8.11. The van der Waals surface area contributed by atoms with Gasteiger partial charge in [-0.15, -0.1) is 11.8 Å². The second-order valence-electron chi connectivity index (χ2n) is 9.45. The minimum atomic E-state index is -0.401. The minimum Gasteiger partial charge on any atom is -0.314 e. The maximum Gasteiger partial charge on any atom is 0.248 e. The molecular weight excluding hydrogens is 362 g/mol. The summed E-state index contributed by atoms with van der Waals surface area (Å²) in [5, 5.41) is 0. The third kappa shape index (κ3) is 2.09. The molecule has 1 aliphatic heterocycles. The number of benzene rings is 2. The monoisotopic (exact) mass is 389 g/mol. The summed E-state index contributed by atoms with van der Waals surface area (Å²) in [6.07, 6.45) is 6.83. The van der Waals surface area contributed by atoms with Crippen LogP contribution in [0.4, 0.5) is 5.69 Å². The van der Waals surface area contributed by atoms with Crippen LogP contribution in [0.15, 0.2) is 60.7 Å². The van der Waals surface area contributed by atoms with Crippen molar-refractivity contribution in [2.75, 3.05) is 11.9 Å². The smallest absolute Gasteiger partial charge is 0.248 e. The van der Waals surface area contributed by atoms with Crippen LogP contribution in [0.5, 0.6) is 0 Å². The Morgan fingerprint density at radius 2 is 1.39 bits per heavy atom. The first-order valence-electron chi connectivity index (χ1n) is 10.7. The first-order valence-corrected chi connectivity index (χ1v) is 11.6. The topological polar surface area (TPSA) is 20.3 Å². The molecule has 0 radical (unpaired) electrons. The molecule has 1 heterocycles. The summed E-state index contributed by atoms with van der Waals surface area (Å²) in [6.45, 7) is 0. The van der Waals surface area contributed by atoms with E-state index in [0.29, 0.717) is 11.8 Å². The van der Waals surface area contributed by atoms with E-state index in [9.17, 15) is 4.79 Å². The number of carbonyl (C=O) groups excluding carboxylic acids is 1. The van der Waals surface area contributed by atoms with Crippen molar-refractivity contribution in [3.8, 4) is 0 Å². The van der Waals surface area contributed by atoms with E-state index >= 15 is 0 Å². The van der Waals surface area contributed by atoms with Gasteiger partial charge in [0.15, 0.2) is 0 Å². The van der Waals surface area contributed by atoms with Crippen molar-refractivity contribution in [3.63, 3.8) is 0 Å². The predicted molar refractivity (Wildman–Crippen MR) is 115 cm³/mol. The van der Waals surface area contributed by atoms with Gasteiger partial charge in [0.05, 0.1) is 4.75 Å². The summed E-state index contributed by atoms with van der Waals surface area (Å²) in [6, 6.07) is 20.8. The fraction of sp³-hybridized carbons (Fsp3) is 0.480.